The van der Waals surface area contributed by atoms with Crippen LogP contribution in [0.25, 0.3) is 38.6 Å². The summed E-state index contributed by atoms with van der Waals surface area (Å²) in [6, 6.07) is 51.4. The Hall–Kier alpha value is -5.08. The maximum Gasteiger partial charge on any atom is 0.0542 e. The number of rotatable bonds is 4. The van der Waals surface area contributed by atoms with Crippen LogP contribution in [0.3, 0.4) is 0 Å². The lowest BCUT2D eigenvalue weighted by Crippen LogP contribution is -2.17. The predicted octanol–water partition coefficient (Wildman–Crippen LogP) is 11.9. The molecule has 220 valence electrons. The molecule has 1 heterocycles. The van der Waals surface area contributed by atoms with Gasteiger partial charge in [-0.25, -0.2) is 0 Å². The van der Waals surface area contributed by atoms with E-state index >= 15 is 0 Å². The van der Waals surface area contributed by atoms with Gasteiger partial charge in [-0.05, 0) is 93.9 Å². The van der Waals surface area contributed by atoms with Crippen LogP contribution >= 0.6 is 0 Å². The molecule has 8 rings (SSSR count). The van der Waals surface area contributed by atoms with Gasteiger partial charge in [0.2, 0.25) is 0 Å². The Morgan fingerprint density at radius 1 is 0.511 bits per heavy atom. The van der Waals surface area contributed by atoms with Crippen molar-refractivity contribution < 1.29 is 0 Å². The molecular weight excluding hydrogens is 544 g/mol. The standard InChI is InChI=1S/C43H38N2/c1-42(2,3)29-14-13-17-31(26-29)44(33-22-24-35-34-18-9-11-20-38(34)43(4,5)39(35)28-33)32-23-25-41-37(27-32)36-19-10-12-21-40(36)45(41)30-15-7-6-8-16-30/h6-28H,1-5H3. The first-order valence-electron chi connectivity index (χ1n) is 16.0. The van der Waals surface area contributed by atoms with Crippen LogP contribution in [-0.2, 0) is 10.8 Å². The lowest BCUT2D eigenvalue weighted by Gasteiger charge is -2.29. The summed E-state index contributed by atoms with van der Waals surface area (Å²) < 4.78 is 2.38. The molecule has 45 heavy (non-hydrogen) atoms. The van der Waals surface area contributed by atoms with Crippen molar-refractivity contribution in [2.45, 2.75) is 45.4 Å². The molecule has 1 aromatic heterocycles. The molecule has 0 saturated heterocycles. The Morgan fingerprint density at radius 2 is 1.16 bits per heavy atom. The second kappa shape index (κ2) is 9.97. The van der Waals surface area contributed by atoms with Crippen molar-refractivity contribution in [2.24, 2.45) is 0 Å². The van der Waals surface area contributed by atoms with E-state index in [0.29, 0.717) is 0 Å². The molecule has 1 aliphatic carbocycles. The molecule has 0 radical (unpaired) electrons. The van der Waals surface area contributed by atoms with Gasteiger partial charge in [-0.1, -0.05) is 113 Å². The molecule has 0 fully saturated rings. The molecule has 0 amide bonds. The Balaban J connectivity index is 1.37. The average molecular weight is 583 g/mol. The fourth-order valence-electron chi connectivity index (χ4n) is 7.35. The van der Waals surface area contributed by atoms with E-state index < -0.39 is 0 Å². The SMILES string of the molecule is CC(C)(C)c1cccc(N(c2ccc3c(c2)C(C)(C)c2ccccc2-3)c2ccc3c(c2)c2ccccc2n3-c2ccccc2)c1. The number of hydrogen-bond donors (Lipinski definition) is 0. The minimum atomic E-state index is -0.0755. The van der Waals surface area contributed by atoms with Crippen molar-refractivity contribution in [3.05, 3.63) is 156 Å². The highest BCUT2D eigenvalue weighted by atomic mass is 15.1. The van der Waals surface area contributed by atoms with E-state index in [2.05, 4.69) is 184 Å². The van der Waals surface area contributed by atoms with Gasteiger partial charge in [-0.2, -0.15) is 0 Å². The van der Waals surface area contributed by atoms with Crippen LogP contribution in [0.5, 0.6) is 0 Å². The van der Waals surface area contributed by atoms with E-state index in [1.165, 1.54) is 66.7 Å². The van der Waals surface area contributed by atoms with Gasteiger partial charge in [0.15, 0.2) is 0 Å². The summed E-state index contributed by atoms with van der Waals surface area (Å²) in [5.74, 6) is 0. The van der Waals surface area contributed by atoms with Crippen LogP contribution in [0.2, 0.25) is 0 Å². The third-order valence-corrected chi connectivity index (χ3v) is 9.72. The monoisotopic (exact) mass is 582 g/mol. The van der Waals surface area contributed by atoms with Gasteiger partial charge < -0.3 is 9.47 Å². The molecule has 0 spiro atoms. The van der Waals surface area contributed by atoms with E-state index in [-0.39, 0.29) is 10.8 Å². The smallest absolute Gasteiger partial charge is 0.0542 e. The molecule has 0 unspecified atom stereocenters. The molecule has 2 nitrogen and oxygen atoms in total. The lowest BCUT2D eigenvalue weighted by atomic mass is 9.82. The van der Waals surface area contributed by atoms with Gasteiger partial charge in [-0.15, -0.1) is 0 Å². The van der Waals surface area contributed by atoms with Gasteiger partial charge in [0.25, 0.3) is 0 Å². The van der Waals surface area contributed by atoms with Crippen LogP contribution in [0.15, 0.2) is 140 Å². The van der Waals surface area contributed by atoms with Crippen LogP contribution in [-0.4, -0.2) is 4.57 Å². The van der Waals surface area contributed by atoms with Crippen molar-refractivity contribution in [2.75, 3.05) is 4.90 Å². The number of aromatic nitrogens is 1. The number of para-hydroxylation sites is 2. The minimum absolute atomic E-state index is 0.0380. The predicted molar refractivity (Wildman–Crippen MR) is 192 cm³/mol. The summed E-state index contributed by atoms with van der Waals surface area (Å²) in [5, 5.41) is 2.50. The Morgan fingerprint density at radius 3 is 1.98 bits per heavy atom. The maximum atomic E-state index is 2.45. The molecule has 0 aliphatic heterocycles. The second-order valence-corrected chi connectivity index (χ2v) is 13.9. The van der Waals surface area contributed by atoms with E-state index in [1.807, 2.05) is 0 Å². The summed E-state index contributed by atoms with van der Waals surface area (Å²) in [6.07, 6.45) is 0. The summed E-state index contributed by atoms with van der Waals surface area (Å²) in [5.41, 5.74) is 13.8. The third kappa shape index (κ3) is 4.31. The quantitative estimate of drug-likeness (QED) is 0.200. The molecule has 2 heteroatoms. The molecule has 1 aliphatic rings. The zero-order chi connectivity index (χ0) is 30.9. The van der Waals surface area contributed by atoms with Gasteiger partial charge in [0.05, 0.1) is 11.0 Å². The summed E-state index contributed by atoms with van der Waals surface area (Å²) in [6.45, 7) is 11.6. The first-order chi connectivity index (χ1) is 21.7. The largest absolute Gasteiger partial charge is 0.310 e. The molecule has 6 aromatic carbocycles. The molecular formula is C43H38N2. The molecule has 7 aromatic rings. The normalized spacial score (nSPS) is 13.6. The Bertz CT molecular complexity index is 2230. The number of fused-ring (bicyclic) bond motifs is 6. The number of anilines is 3. The van der Waals surface area contributed by atoms with Gasteiger partial charge in [-0.3, -0.25) is 0 Å². The lowest BCUT2D eigenvalue weighted by molar-refractivity contribution is 0.590. The Kier molecular flexibility index (Phi) is 6.09. The summed E-state index contributed by atoms with van der Waals surface area (Å²) in [7, 11) is 0. The topological polar surface area (TPSA) is 8.17 Å². The molecule has 0 atom stereocenters. The fraction of sp³-hybridized carbons (Fsp3) is 0.163. The van der Waals surface area contributed by atoms with E-state index in [0.717, 1.165) is 5.69 Å². The van der Waals surface area contributed by atoms with Gasteiger partial charge >= 0.3 is 0 Å². The van der Waals surface area contributed by atoms with Crippen LogP contribution in [0, 0.1) is 0 Å². The summed E-state index contributed by atoms with van der Waals surface area (Å²) in [4.78, 5) is 2.45. The van der Waals surface area contributed by atoms with Crippen molar-refractivity contribution >= 4 is 38.9 Å². The number of hydrogen-bond acceptors (Lipinski definition) is 1. The van der Waals surface area contributed by atoms with Gasteiger partial charge in [0.1, 0.15) is 0 Å². The maximum absolute atomic E-state index is 2.45. The average Bonchev–Trinajstić information content (AvgIpc) is 3.50. The van der Waals surface area contributed by atoms with Crippen LogP contribution in [0.1, 0.15) is 51.3 Å². The molecule has 0 saturated carbocycles. The van der Waals surface area contributed by atoms with Crippen molar-refractivity contribution in [3.63, 3.8) is 0 Å². The fourth-order valence-corrected chi connectivity index (χ4v) is 7.35. The van der Waals surface area contributed by atoms with E-state index in [9.17, 15) is 0 Å². The van der Waals surface area contributed by atoms with Crippen molar-refractivity contribution in [3.8, 4) is 16.8 Å². The third-order valence-electron chi connectivity index (χ3n) is 9.72. The highest BCUT2D eigenvalue weighted by molar-refractivity contribution is 6.10. The minimum Gasteiger partial charge on any atom is -0.310 e. The first kappa shape index (κ1) is 27.5. The highest BCUT2D eigenvalue weighted by Gasteiger charge is 2.35. The number of nitrogens with zero attached hydrogens (tertiary/aromatic N) is 2. The zero-order valence-electron chi connectivity index (χ0n) is 26.7. The molecule has 0 bridgehead atoms. The Labute approximate surface area is 266 Å². The summed E-state index contributed by atoms with van der Waals surface area (Å²) >= 11 is 0. The first-order valence-corrected chi connectivity index (χ1v) is 16.0. The van der Waals surface area contributed by atoms with Gasteiger partial charge in [0, 0.05) is 38.9 Å². The zero-order valence-corrected chi connectivity index (χ0v) is 26.7. The van der Waals surface area contributed by atoms with Crippen LogP contribution < -0.4 is 4.90 Å². The van der Waals surface area contributed by atoms with Crippen LogP contribution in [0.4, 0.5) is 17.1 Å². The second-order valence-electron chi connectivity index (χ2n) is 13.9. The highest BCUT2D eigenvalue weighted by Crippen LogP contribution is 2.51. The van der Waals surface area contributed by atoms with Crippen molar-refractivity contribution in [1.82, 2.24) is 4.57 Å². The number of benzene rings is 6. The van der Waals surface area contributed by atoms with Crippen molar-refractivity contribution in [1.29, 1.82) is 0 Å². The van der Waals surface area contributed by atoms with E-state index in [4.69, 9.17) is 0 Å². The van der Waals surface area contributed by atoms with E-state index in [1.54, 1.807) is 0 Å². The molecule has 0 N–H and O–H groups in total.